The zero-order valence-corrected chi connectivity index (χ0v) is 15.5. The van der Waals surface area contributed by atoms with Gasteiger partial charge < -0.3 is 10.2 Å². The number of ketones is 1. The first-order valence-corrected chi connectivity index (χ1v) is 10.1. The summed E-state index contributed by atoms with van der Waals surface area (Å²) in [4.78, 5) is 12.2. The van der Waals surface area contributed by atoms with Gasteiger partial charge in [0.2, 0.25) is 0 Å². The van der Waals surface area contributed by atoms with Crippen molar-refractivity contribution in [3.05, 3.63) is 0 Å². The highest BCUT2D eigenvalue weighted by molar-refractivity contribution is 5.79. The van der Waals surface area contributed by atoms with Crippen molar-refractivity contribution in [3.63, 3.8) is 0 Å². The Balaban J connectivity index is 1.65. The van der Waals surface area contributed by atoms with E-state index in [0.717, 1.165) is 38.5 Å². The van der Waals surface area contributed by atoms with E-state index >= 15 is 0 Å². The van der Waals surface area contributed by atoms with Gasteiger partial charge in [-0.25, -0.2) is 0 Å². The number of carbonyl (C=O) groups is 1. The molecule has 4 aliphatic rings. The third-order valence-electron chi connectivity index (χ3n) is 9.14. The van der Waals surface area contributed by atoms with Crippen molar-refractivity contribution in [3.8, 4) is 0 Å². The molecule has 0 bridgehead atoms. The summed E-state index contributed by atoms with van der Waals surface area (Å²) in [6.45, 7) is 6.53. The van der Waals surface area contributed by atoms with Gasteiger partial charge in [0.1, 0.15) is 5.78 Å². The van der Waals surface area contributed by atoms with Crippen molar-refractivity contribution in [1.82, 2.24) is 0 Å². The van der Waals surface area contributed by atoms with Crippen molar-refractivity contribution in [2.45, 2.75) is 84.3 Å². The largest absolute Gasteiger partial charge is 0.393 e. The van der Waals surface area contributed by atoms with Gasteiger partial charge in [-0.05, 0) is 92.8 Å². The molecule has 0 spiro atoms. The van der Waals surface area contributed by atoms with Crippen molar-refractivity contribution < 1.29 is 15.0 Å². The van der Waals surface area contributed by atoms with Crippen molar-refractivity contribution in [1.29, 1.82) is 0 Å². The molecule has 0 heterocycles. The van der Waals surface area contributed by atoms with Crippen molar-refractivity contribution in [2.24, 2.45) is 40.4 Å². The van der Waals surface area contributed by atoms with E-state index in [2.05, 4.69) is 13.8 Å². The molecule has 0 amide bonds. The third-order valence-corrected chi connectivity index (χ3v) is 9.14. The first kappa shape index (κ1) is 17.0. The van der Waals surface area contributed by atoms with E-state index in [1.807, 2.05) is 0 Å². The molecule has 9 atom stereocenters. The number of hydrogen-bond acceptors (Lipinski definition) is 3. The lowest BCUT2D eigenvalue weighted by Crippen LogP contribution is -2.58. The molecule has 3 nitrogen and oxygen atoms in total. The van der Waals surface area contributed by atoms with Gasteiger partial charge in [-0.2, -0.15) is 0 Å². The van der Waals surface area contributed by atoms with Crippen LogP contribution in [0.5, 0.6) is 0 Å². The Morgan fingerprint density at radius 2 is 1.54 bits per heavy atom. The second-order valence-electron chi connectivity index (χ2n) is 10.0. The van der Waals surface area contributed by atoms with Crippen LogP contribution in [0.3, 0.4) is 0 Å². The fraction of sp³-hybridized carbons (Fsp3) is 0.952. The molecule has 136 valence electrons. The van der Waals surface area contributed by atoms with Gasteiger partial charge in [0.25, 0.3) is 0 Å². The second-order valence-corrected chi connectivity index (χ2v) is 10.0. The lowest BCUT2D eigenvalue weighted by Gasteiger charge is -2.62. The van der Waals surface area contributed by atoms with Gasteiger partial charge in [0, 0.05) is 5.92 Å². The molecule has 24 heavy (non-hydrogen) atoms. The van der Waals surface area contributed by atoms with Crippen LogP contribution in [0.1, 0.15) is 72.1 Å². The zero-order valence-electron chi connectivity index (χ0n) is 15.5. The highest BCUT2D eigenvalue weighted by atomic mass is 16.3. The molecule has 0 aromatic heterocycles. The molecule has 0 aromatic carbocycles. The smallest absolute Gasteiger partial charge is 0.133 e. The summed E-state index contributed by atoms with van der Waals surface area (Å²) in [5.41, 5.74) is 0.335. The summed E-state index contributed by atoms with van der Waals surface area (Å²) in [5.74, 6) is 2.71. The number of fused-ring (bicyclic) bond motifs is 5. The third kappa shape index (κ3) is 2.19. The molecule has 0 saturated heterocycles. The van der Waals surface area contributed by atoms with Gasteiger partial charge in [0.05, 0.1) is 12.2 Å². The molecule has 2 N–H and O–H groups in total. The van der Waals surface area contributed by atoms with E-state index < -0.39 is 0 Å². The normalized spacial score (nSPS) is 57.0. The molecular formula is C21H34O3. The molecule has 0 aromatic rings. The highest BCUT2D eigenvalue weighted by Gasteiger charge is 2.62. The fourth-order valence-corrected chi connectivity index (χ4v) is 7.95. The minimum absolute atomic E-state index is 0.157. The molecule has 4 fully saturated rings. The first-order chi connectivity index (χ1) is 11.3. The number of Topliss-reactive ketones (excluding diaryl/α,β-unsaturated/α-hetero) is 1. The van der Waals surface area contributed by atoms with Crippen LogP contribution in [0.15, 0.2) is 0 Å². The van der Waals surface area contributed by atoms with Crippen molar-refractivity contribution in [2.75, 3.05) is 0 Å². The van der Waals surface area contributed by atoms with E-state index in [-0.39, 0.29) is 34.9 Å². The maximum absolute atomic E-state index is 12.2. The van der Waals surface area contributed by atoms with Crippen LogP contribution in [-0.4, -0.2) is 28.2 Å². The fourth-order valence-electron chi connectivity index (χ4n) is 7.95. The number of rotatable bonds is 1. The standard InChI is InChI=1S/C21H34O3/c1-12(22)15-4-5-16-14-11-19(24)18-10-13(23)6-8-21(18,3)17(14)7-9-20(15,16)2/h13-19,23-24H,4-11H2,1-3H3/t13-,14-,15+,16-,17-,18-,19-,20+,21+/m0/s1. The number of hydrogen-bond donors (Lipinski definition) is 2. The summed E-state index contributed by atoms with van der Waals surface area (Å²) < 4.78 is 0. The Labute approximate surface area is 146 Å². The van der Waals surface area contributed by atoms with E-state index in [4.69, 9.17) is 0 Å². The Hall–Kier alpha value is -0.410. The maximum atomic E-state index is 12.2. The summed E-state index contributed by atoms with van der Waals surface area (Å²) in [6, 6.07) is 0. The van der Waals surface area contributed by atoms with Gasteiger partial charge >= 0.3 is 0 Å². The first-order valence-electron chi connectivity index (χ1n) is 10.1. The molecule has 4 saturated carbocycles. The Kier molecular flexibility index (Phi) is 3.93. The average molecular weight is 335 g/mol. The quantitative estimate of drug-likeness (QED) is 0.771. The summed E-state index contributed by atoms with van der Waals surface area (Å²) in [7, 11) is 0. The minimum Gasteiger partial charge on any atom is -0.393 e. The van der Waals surface area contributed by atoms with E-state index in [0.29, 0.717) is 23.5 Å². The number of carbonyl (C=O) groups excluding carboxylic acids is 1. The molecule has 0 radical (unpaired) electrons. The van der Waals surface area contributed by atoms with Crippen LogP contribution < -0.4 is 0 Å². The maximum Gasteiger partial charge on any atom is 0.133 e. The summed E-state index contributed by atoms with van der Waals surface area (Å²) in [6.07, 6.45) is 7.70. The van der Waals surface area contributed by atoms with E-state index in [1.165, 1.54) is 12.8 Å². The molecule has 0 unspecified atom stereocenters. The molecule has 4 aliphatic carbocycles. The lowest BCUT2D eigenvalue weighted by atomic mass is 9.44. The van der Waals surface area contributed by atoms with Crippen LogP contribution >= 0.6 is 0 Å². The Bertz CT molecular complexity index is 531. The monoisotopic (exact) mass is 334 g/mol. The predicted molar refractivity (Wildman–Crippen MR) is 93.3 cm³/mol. The zero-order chi connectivity index (χ0) is 17.3. The van der Waals surface area contributed by atoms with Crippen LogP contribution in [0.2, 0.25) is 0 Å². The van der Waals surface area contributed by atoms with Crippen LogP contribution in [0.4, 0.5) is 0 Å². The van der Waals surface area contributed by atoms with Gasteiger partial charge in [-0.3, -0.25) is 4.79 Å². The minimum atomic E-state index is -0.273. The van der Waals surface area contributed by atoms with Gasteiger partial charge in [-0.15, -0.1) is 0 Å². The molecule has 3 heteroatoms. The molecular weight excluding hydrogens is 300 g/mol. The van der Waals surface area contributed by atoms with Gasteiger partial charge in [-0.1, -0.05) is 13.8 Å². The Morgan fingerprint density at radius 3 is 2.25 bits per heavy atom. The topological polar surface area (TPSA) is 57.5 Å². The van der Waals surface area contributed by atoms with Crippen LogP contribution in [0.25, 0.3) is 0 Å². The predicted octanol–water partition coefficient (Wildman–Crippen LogP) is 3.57. The highest BCUT2D eigenvalue weighted by Crippen LogP contribution is 2.67. The lowest BCUT2D eigenvalue weighted by molar-refractivity contribution is -0.171. The van der Waals surface area contributed by atoms with Crippen molar-refractivity contribution >= 4 is 5.78 Å². The van der Waals surface area contributed by atoms with Gasteiger partial charge in [0.15, 0.2) is 0 Å². The molecule has 0 aliphatic heterocycles. The summed E-state index contributed by atoms with van der Waals surface area (Å²) >= 11 is 0. The number of aliphatic hydroxyl groups is 2. The average Bonchev–Trinajstić information content (AvgIpc) is 2.87. The van der Waals surface area contributed by atoms with Crippen LogP contribution in [0, 0.1) is 40.4 Å². The van der Waals surface area contributed by atoms with E-state index in [1.54, 1.807) is 6.92 Å². The summed E-state index contributed by atoms with van der Waals surface area (Å²) in [5, 5.41) is 21.0. The second kappa shape index (κ2) is 5.54. The number of aliphatic hydroxyl groups excluding tert-OH is 2. The SMILES string of the molecule is CC(=O)[C@H]1CC[C@H]2[C@@H]3C[C@H](O)[C@@H]4C[C@@H](O)CC[C@]4(C)[C@H]3CC[C@]12C. The van der Waals surface area contributed by atoms with E-state index in [9.17, 15) is 15.0 Å². The van der Waals surface area contributed by atoms with Crippen LogP contribution in [-0.2, 0) is 4.79 Å². The molecule has 4 rings (SSSR count). The Morgan fingerprint density at radius 1 is 0.875 bits per heavy atom.